The van der Waals surface area contributed by atoms with Crippen LogP contribution in [0.25, 0.3) is 0 Å². The zero-order valence-electron chi connectivity index (χ0n) is 12.6. The number of nitrogens with two attached hydrogens (primary N) is 1. The number of nitrogens with zero attached hydrogens (tertiary/aromatic N) is 2. The van der Waals surface area contributed by atoms with E-state index in [1.165, 1.54) is 4.90 Å². The molecule has 1 aliphatic rings. The van der Waals surface area contributed by atoms with Gasteiger partial charge in [0.25, 0.3) is 5.91 Å². The lowest BCUT2D eigenvalue weighted by Crippen LogP contribution is -2.33. The van der Waals surface area contributed by atoms with Crippen LogP contribution >= 0.6 is 0 Å². The van der Waals surface area contributed by atoms with Crippen molar-refractivity contribution in [3.8, 4) is 0 Å². The third kappa shape index (κ3) is 3.65. The highest BCUT2D eigenvalue weighted by molar-refractivity contribution is 6.00. The van der Waals surface area contributed by atoms with Crippen molar-refractivity contribution in [2.75, 3.05) is 44.8 Å². The van der Waals surface area contributed by atoms with E-state index in [4.69, 9.17) is 5.73 Å². The zero-order chi connectivity index (χ0) is 15.4. The predicted molar refractivity (Wildman–Crippen MR) is 83.2 cm³/mol. The molecule has 3 N–H and O–H groups in total. The van der Waals surface area contributed by atoms with Crippen LogP contribution < -0.4 is 11.1 Å². The highest BCUT2D eigenvalue weighted by Gasteiger charge is 2.19. The quantitative estimate of drug-likeness (QED) is 0.811. The Morgan fingerprint density at radius 3 is 2.57 bits per heavy atom. The molecule has 6 heteroatoms. The van der Waals surface area contributed by atoms with Crippen molar-refractivity contribution in [2.24, 2.45) is 0 Å². The van der Waals surface area contributed by atoms with Crippen LogP contribution in [-0.2, 0) is 4.79 Å². The normalized spacial score (nSPS) is 14.1. The molecule has 0 unspecified atom stereocenters. The first-order valence-corrected chi connectivity index (χ1v) is 7.12. The summed E-state index contributed by atoms with van der Waals surface area (Å²) in [6.45, 7) is 1.82. The van der Waals surface area contributed by atoms with Crippen LogP contribution in [0.4, 0.5) is 11.4 Å². The van der Waals surface area contributed by atoms with Gasteiger partial charge in [-0.25, -0.2) is 0 Å². The van der Waals surface area contributed by atoms with Gasteiger partial charge in [-0.2, -0.15) is 0 Å². The zero-order valence-corrected chi connectivity index (χ0v) is 12.6. The average Bonchev–Trinajstić information content (AvgIpc) is 2.98. The van der Waals surface area contributed by atoms with Gasteiger partial charge in [-0.05, 0) is 31.0 Å². The number of hydrogen-bond acceptors (Lipinski definition) is 4. The molecule has 0 radical (unpaired) electrons. The van der Waals surface area contributed by atoms with E-state index in [0.29, 0.717) is 16.9 Å². The van der Waals surface area contributed by atoms with Gasteiger partial charge in [-0.15, -0.1) is 0 Å². The van der Waals surface area contributed by atoms with E-state index in [0.717, 1.165) is 25.9 Å². The Morgan fingerprint density at radius 2 is 1.95 bits per heavy atom. The summed E-state index contributed by atoms with van der Waals surface area (Å²) in [7, 11) is 3.38. The van der Waals surface area contributed by atoms with Gasteiger partial charge in [0.05, 0.1) is 12.1 Å². The van der Waals surface area contributed by atoms with E-state index >= 15 is 0 Å². The lowest BCUT2D eigenvalue weighted by molar-refractivity contribution is -0.128. The second-order valence-corrected chi connectivity index (χ2v) is 5.45. The predicted octanol–water partition coefficient (Wildman–Crippen LogP) is 1.00. The summed E-state index contributed by atoms with van der Waals surface area (Å²) in [6, 6.07) is 5.05. The number of hydrogen-bond donors (Lipinski definition) is 2. The fraction of sp³-hybridized carbons (Fsp3) is 0.467. The van der Waals surface area contributed by atoms with Crippen molar-refractivity contribution in [3.05, 3.63) is 23.8 Å². The highest BCUT2D eigenvalue weighted by atomic mass is 16.2. The number of benzene rings is 1. The Balaban J connectivity index is 2.09. The van der Waals surface area contributed by atoms with Crippen LogP contribution in [0.5, 0.6) is 0 Å². The molecule has 114 valence electrons. The number of nitrogens with one attached hydrogen (secondary N) is 1. The number of rotatable bonds is 4. The fourth-order valence-electron chi connectivity index (χ4n) is 2.38. The Hall–Kier alpha value is -2.24. The molecule has 1 heterocycles. The first-order chi connectivity index (χ1) is 9.99. The largest absolute Gasteiger partial charge is 0.399 e. The molecule has 1 aliphatic heterocycles. The second-order valence-electron chi connectivity index (χ2n) is 5.45. The number of carbonyl (C=O) groups excluding carboxylic acids is 2. The Morgan fingerprint density at radius 1 is 1.29 bits per heavy atom. The van der Waals surface area contributed by atoms with E-state index in [1.54, 1.807) is 32.3 Å². The van der Waals surface area contributed by atoms with Crippen LogP contribution in [0.1, 0.15) is 23.2 Å². The molecule has 1 aromatic carbocycles. The summed E-state index contributed by atoms with van der Waals surface area (Å²) in [5.74, 6) is -0.0655. The van der Waals surface area contributed by atoms with E-state index < -0.39 is 0 Å². The number of anilines is 2. The molecule has 0 aliphatic carbocycles. The van der Waals surface area contributed by atoms with Gasteiger partial charge in [-0.3, -0.25) is 9.59 Å². The van der Waals surface area contributed by atoms with Gasteiger partial charge in [0.15, 0.2) is 0 Å². The Labute approximate surface area is 124 Å². The maximum absolute atomic E-state index is 12.1. The van der Waals surface area contributed by atoms with Gasteiger partial charge in [0.2, 0.25) is 5.91 Å². The van der Waals surface area contributed by atoms with E-state index in [9.17, 15) is 9.59 Å². The van der Waals surface area contributed by atoms with Gasteiger partial charge in [0, 0.05) is 38.6 Å². The lowest BCUT2D eigenvalue weighted by Gasteiger charge is -2.18. The molecule has 0 bridgehead atoms. The second kappa shape index (κ2) is 6.47. The van der Waals surface area contributed by atoms with Crippen molar-refractivity contribution in [1.29, 1.82) is 0 Å². The van der Waals surface area contributed by atoms with Crippen LogP contribution in [0.2, 0.25) is 0 Å². The number of likely N-dealkylation sites (tertiary alicyclic amines) is 1. The highest BCUT2D eigenvalue weighted by Crippen LogP contribution is 2.20. The van der Waals surface area contributed by atoms with Gasteiger partial charge in [-0.1, -0.05) is 0 Å². The summed E-state index contributed by atoms with van der Waals surface area (Å²) >= 11 is 0. The maximum Gasteiger partial charge on any atom is 0.255 e. The summed E-state index contributed by atoms with van der Waals surface area (Å²) in [4.78, 5) is 27.5. The third-order valence-corrected chi connectivity index (χ3v) is 3.57. The van der Waals surface area contributed by atoms with Gasteiger partial charge in [0.1, 0.15) is 0 Å². The van der Waals surface area contributed by atoms with Crippen molar-refractivity contribution in [2.45, 2.75) is 12.8 Å². The van der Waals surface area contributed by atoms with Crippen LogP contribution in [-0.4, -0.2) is 55.3 Å². The molecule has 0 spiro atoms. The summed E-state index contributed by atoms with van der Waals surface area (Å²) in [5, 5.41) is 3.05. The van der Waals surface area contributed by atoms with Crippen molar-refractivity contribution in [1.82, 2.24) is 9.80 Å². The maximum atomic E-state index is 12.1. The van der Waals surface area contributed by atoms with E-state index in [1.807, 2.05) is 4.90 Å². The number of carbonyl (C=O) groups is 2. The van der Waals surface area contributed by atoms with Crippen LogP contribution in [0, 0.1) is 0 Å². The molecule has 1 aromatic rings. The molecule has 21 heavy (non-hydrogen) atoms. The van der Waals surface area contributed by atoms with E-state index in [-0.39, 0.29) is 18.4 Å². The van der Waals surface area contributed by atoms with Gasteiger partial charge < -0.3 is 20.9 Å². The first-order valence-electron chi connectivity index (χ1n) is 7.12. The SMILES string of the molecule is CN(C)C(=O)c1ccc(N)cc1NCC(=O)N1CCCC1. The molecule has 1 fully saturated rings. The van der Waals surface area contributed by atoms with Crippen LogP contribution in [0.15, 0.2) is 18.2 Å². The monoisotopic (exact) mass is 290 g/mol. The molecule has 2 amide bonds. The molecule has 0 saturated carbocycles. The summed E-state index contributed by atoms with van der Waals surface area (Å²) < 4.78 is 0. The topological polar surface area (TPSA) is 78.7 Å². The van der Waals surface area contributed by atoms with Gasteiger partial charge >= 0.3 is 0 Å². The molecular weight excluding hydrogens is 268 g/mol. The smallest absolute Gasteiger partial charge is 0.255 e. The Bertz CT molecular complexity index is 536. The molecular formula is C15H22N4O2. The Kier molecular flexibility index (Phi) is 4.67. The van der Waals surface area contributed by atoms with Crippen LogP contribution in [0.3, 0.4) is 0 Å². The molecule has 1 saturated heterocycles. The minimum atomic E-state index is -0.119. The number of nitrogen functional groups attached to an aromatic ring is 1. The summed E-state index contributed by atoms with van der Waals surface area (Å²) in [6.07, 6.45) is 2.13. The average molecular weight is 290 g/mol. The third-order valence-electron chi connectivity index (χ3n) is 3.57. The standard InChI is InChI=1S/C15H22N4O2/c1-18(2)15(21)12-6-5-11(16)9-13(12)17-10-14(20)19-7-3-4-8-19/h5-6,9,17H,3-4,7-8,10,16H2,1-2H3. The fourth-order valence-corrected chi connectivity index (χ4v) is 2.38. The lowest BCUT2D eigenvalue weighted by atomic mass is 10.1. The first kappa shape index (κ1) is 15.2. The number of amides is 2. The molecule has 2 rings (SSSR count). The molecule has 0 atom stereocenters. The van der Waals surface area contributed by atoms with E-state index in [2.05, 4.69) is 5.32 Å². The minimum absolute atomic E-state index is 0.0539. The molecule has 6 nitrogen and oxygen atoms in total. The van der Waals surface area contributed by atoms with Crippen molar-refractivity contribution >= 4 is 23.2 Å². The van der Waals surface area contributed by atoms with Crippen molar-refractivity contribution < 1.29 is 9.59 Å². The minimum Gasteiger partial charge on any atom is -0.399 e. The summed E-state index contributed by atoms with van der Waals surface area (Å²) in [5.41, 5.74) is 7.44. The molecule has 0 aromatic heterocycles. The van der Waals surface area contributed by atoms with Crippen molar-refractivity contribution in [3.63, 3.8) is 0 Å².